The fourth-order valence-electron chi connectivity index (χ4n) is 7.21. The van der Waals surface area contributed by atoms with Crippen LogP contribution in [0.2, 0.25) is 0 Å². The lowest BCUT2D eigenvalue weighted by Gasteiger charge is -2.39. The molecule has 3 nitrogen and oxygen atoms in total. The molecule has 2 saturated heterocycles. The Morgan fingerprint density at radius 3 is 1.82 bits per heavy atom. The predicted molar refractivity (Wildman–Crippen MR) is 180 cm³/mol. The van der Waals surface area contributed by atoms with Gasteiger partial charge in [-0.05, 0) is 84.3 Å². The Hall–Kier alpha value is -1.52. The van der Waals surface area contributed by atoms with Crippen molar-refractivity contribution >= 4 is 32.6 Å². The number of benzene rings is 1. The fraction of sp³-hybridized carbons (Fsp3) is 0.629. The summed E-state index contributed by atoms with van der Waals surface area (Å²) in [6.07, 6.45) is 13.7. The molecule has 0 radical (unpaired) electrons. The molecule has 0 atom stereocenters. The van der Waals surface area contributed by atoms with Crippen LogP contribution in [0.1, 0.15) is 93.9 Å². The number of fused-ring (bicyclic) bond motifs is 2. The van der Waals surface area contributed by atoms with Crippen LogP contribution in [0.3, 0.4) is 0 Å². The predicted octanol–water partition coefficient (Wildman–Crippen LogP) is 7.63. The minimum absolute atomic E-state index is 0.353. The van der Waals surface area contributed by atoms with Gasteiger partial charge in [-0.15, -0.1) is 7.92 Å². The zero-order chi connectivity index (χ0) is 28.6. The highest BCUT2D eigenvalue weighted by Gasteiger charge is 2.34. The molecule has 3 aliphatic heterocycles. The van der Waals surface area contributed by atoms with Crippen molar-refractivity contribution in [3.63, 3.8) is 0 Å². The van der Waals surface area contributed by atoms with Gasteiger partial charge in [0, 0.05) is 43.5 Å². The van der Waals surface area contributed by atoms with Crippen LogP contribution in [0.25, 0.3) is 5.73 Å². The normalized spacial score (nSPS) is 19.6. The van der Waals surface area contributed by atoms with Crippen molar-refractivity contribution in [1.29, 1.82) is 0 Å². The van der Waals surface area contributed by atoms with E-state index in [1.54, 1.807) is 0 Å². The first kappa shape index (κ1) is 30.0. The van der Waals surface area contributed by atoms with Crippen LogP contribution >= 0.6 is 15.8 Å². The fourth-order valence-corrected chi connectivity index (χ4v) is 13.2. The Morgan fingerprint density at radius 2 is 1.27 bits per heavy atom. The molecule has 4 aliphatic rings. The van der Waals surface area contributed by atoms with Gasteiger partial charge in [0.05, 0.1) is 5.22 Å². The molecule has 0 N–H and O–H groups in total. The van der Waals surface area contributed by atoms with Crippen molar-refractivity contribution in [2.45, 2.75) is 117 Å². The first-order valence-electron chi connectivity index (χ1n) is 16.0. The van der Waals surface area contributed by atoms with Crippen LogP contribution in [0.15, 0.2) is 45.3 Å². The number of hydrogen-bond acceptors (Lipinski definition) is 2. The first-order chi connectivity index (χ1) is 19.2. The summed E-state index contributed by atoms with van der Waals surface area (Å²) in [5.41, 5.74) is 11.5. The second-order valence-electron chi connectivity index (χ2n) is 13.2. The monoisotopic (exact) mass is 578 g/mol. The summed E-state index contributed by atoms with van der Waals surface area (Å²) in [6, 6.07) is 4.88. The molecular weight excluding hydrogens is 526 g/mol. The third-order valence-electron chi connectivity index (χ3n) is 8.83. The summed E-state index contributed by atoms with van der Waals surface area (Å²) >= 11 is 0. The minimum atomic E-state index is -0.353. The van der Waals surface area contributed by atoms with Gasteiger partial charge in [0.1, 0.15) is 0 Å². The van der Waals surface area contributed by atoms with E-state index in [1.165, 1.54) is 71.3 Å². The SMILES string of the molecule is CC(C)P(C1=CC(N2CCCCC2)=C[C-]2[O+]=c3cc(N4CCCCC4)cc(P(C(C)C)C(C)C)c3=C=C12)C(C)C. The summed E-state index contributed by atoms with van der Waals surface area (Å²) < 4.78 is 7.05. The van der Waals surface area contributed by atoms with Crippen LogP contribution in [0, 0.1) is 6.10 Å². The lowest BCUT2D eigenvalue weighted by molar-refractivity contribution is 0.292. The molecule has 5 rings (SSSR count). The number of hydrogen-bond donors (Lipinski definition) is 0. The Morgan fingerprint density at radius 1 is 0.725 bits per heavy atom. The molecule has 3 heterocycles. The van der Waals surface area contributed by atoms with E-state index in [-0.39, 0.29) is 15.8 Å². The highest BCUT2D eigenvalue weighted by molar-refractivity contribution is 7.66. The van der Waals surface area contributed by atoms with Crippen molar-refractivity contribution in [1.82, 2.24) is 4.90 Å². The van der Waals surface area contributed by atoms with Crippen LogP contribution in [-0.2, 0) is 0 Å². The van der Waals surface area contributed by atoms with Crippen molar-refractivity contribution < 1.29 is 0 Å². The number of nitrogens with zero attached hydrogens (tertiary/aromatic N) is 2. The molecule has 0 saturated carbocycles. The van der Waals surface area contributed by atoms with Gasteiger partial charge < -0.3 is 9.80 Å². The third-order valence-corrected chi connectivity index (χ3v) is 15.1. The summed E-state index contributed by atoms with van der Waals surface area (Å²) in [4.78, 5) is 5.21. The molecule has 1 aromatic rings. The zero-order valence-corrected chi connectivity index (χ0v) is 28.2. The highest BCUT2D eigenvalue weighted by Crippen LogP contribution is 2.59. The van der Waals surface area contributed by atoms with Gasteiger partial charge in [0.2, 0.25) is 0 Å². The summed E-state index contributed by atoms with van der Waals surface area (Å²) in [6.45, 7) is 23.9. The van der Waals surface area contributed by atoms with Crippen molar-refractivity contribution in [2.24, 2.45) is 0 Å². The Kier molecular flexibility index (Phi) is 9.57. The lowest BCUT2D eigenvalue weighted by Crippen LogP contribution is -2.43. The van der Waals surface area contributed by atoms with E-state index in [9.17, 15) is 0 Å². The second-order valence-corrected chi connectivity index (χ2v) is 19.9. The standard InChI is InChI=1S/C35H52N2OP2/c1-24(2)39(25(3)4)34-21-28(36-15-11-9-12-16-36)19-32-30(34)23-31-33(38-32)20-29(37-17-13-10-14-18-37)22-35(31)40(26(5)6)27(7)8/h19-22,24-27H,9-18H2,1-8H3. The molecule has 40 heavy (non-hydrogen) atoms. The molecule has 0 bridgehead atoms. The molecule has 5 heteroatoms. The van der Waals surface area contributed by atoms with Crippen LogP contribution in [0.5, 0.6) is 0 Å². The molecular formula is C35H52N2OP2. The first-order valence-corrected chi connectivity index (χ1v) is 19.0. The zero-order valence-electron chi connectivity index (χ0n) is 26.4. The van der Waals surface area contributed by atoms with Gasteiger partial charge >= 0.3 is 5.43 Å². The molecule has 0 aromatic heterocycles. The van der Waals surface area contributed by atoms with E-state index < -0.39 is 0 Å². The topological polar surface area (TPSA) is 17.8 Å². The maximum Gasteiger partial charge on any atom is 0.303 e. The lowest BCUT2D eigenvalue weighted by atomic mass is 9.99. The quantitative estimate of drug-likeness (QED) is 0.179. The number of rotatable bonds is 8. The van der Waals surface area contributed by atoms with Gasteiger partial charge in [0.15, 0.2) is 0 Å². The molecule has 0 unspecified atom stereocenters. The Balaban J connectivity index is 1.76. The molecule has 0 amide bonds. The number of likely N-dealkylation sites (tertiary alicyclic amines) is 1. The smallest absolute Gasteiger partial charge is 0.303 e. The number of allylic oxidation sites excluding steroid dienone is 1. The van der Waals surface area contributed by atoms with E-state index in [0.717, 1.165) is 37.7 Å². The molecule has 1 aromatic carbocycles. The minimum Gasteiger partial charge on any atom is -0.402 e. The van der Waals surface area contributed by atoms with Gasteiger partial charge in [-0.2, -0.15) is 5.73 Å². The van der Waals surface area contributed by atoms with Gasteiger partial charge in [-0.3, -0.25) is 4.42 Å². The number of piperidine rings is 2. The van der Waals surface area contributed by atoms with E-state index in [0.29, 0.717) is 22.6 Å². The van der Waals surface area contributed by atoms with Crippen LogP contribution < -0.4 is 20.9 Å². The third kappa shape index (κ3) is 6.14. The van der Waals surface area contributed by atoms with E-state index in [2.05, 4.69) is 95.2 Å². The maximum atomic E-state index is 7.05. The van der Waals surface area contributed by atoms with Crippen molar-refractivity contribution in [3.8, 4) is 0 Å². The average Bonchev–Trinajstić information content (AvgIpc) is 2.92. The van der Waals surface area contributed by atoms with Gasteiger partial charge in [0.25, 0.3) is 6.10 Å². The molecule has 1 aliphatic carbocycles. The van der Waals surface area contributed by atoms with E-state index >= 15 is 0 Å². The van der Waals surface area contributed by atoms with Crippen molar-refractivity contribution in [2.75, 3.05) is 31.1 Å². The summed E-state index contributed by atoms with van der Waals surface area (Å²) in [5.74, 6) is 0. The Bertz CT molecular complexity index is 1270. The molecule has 0 spiro atoms. The number of anilines is 1. The molecule has 218 valence electrons. The Labute approximate surface area is 246 Å². The van der Waals surface area contributed by atoms with Gasteiger partial charge in [-0.1, -0.05) is 74.7 Å². The van der Waals surface area contributed by atoms with Crippen LogP contribution in [-0.4, -0.2) is 53.7 Å². The maximum absolute atomic E-state index is 7.05. The summed E-state index contributed by atoms with van der Waals surface area (Å²) in [5, 5.41) is 4.22. The van der Waals surface area contributed by atoms with Gasteiger partial charge in [-0.25, -0.2) is 0 Å². The van der Waals surface area contributed by atoms with E-state index in [4.69, 9.17) is 4.42 Å². The van der Waals surface area contributed by atoms with Crippen molar-refractivity contribution in [3.05, 3.63) is 62.0 Å². The second kappa shape index (κ2) is 12.8. The van der Waals surface area contributed by atoms with E-state index in [1.807, 2.05) is 0 Å². The average molecular weight is 579 g/mol. The highest BCUT2D eigenvalue weighted by atomic mass is 31.1. The largest absolute Gasteiger partial charge is 0.402 e. The summed E-state index contributed by atoms with van der Waals surface area (Å²) in [7, 11) is -0.707. The molecule has 2 fully saturated rings. The van der Waals surface area contributed by atoms with Crippen LogP contribution in [0.4, 0.5) is 5.69 Å².